The van der Waals surface area contributed by atoms with E-state index in [2.05, 4.69) is 59.2 Å². The molecule has 2 aromatic carbocycles. The van der Waals surface area contributed by atoms with Gasteiger partial charge in [-0.05, 0) is 17.5 Å². The number of urea groups is 1. The number of amides is 2. The molecule has 1 saturated heterocycles. The Balaban J connectivity index is 1.61. The Morgan fingerprint density at radius 2 is 1.50 bits per heavy atom. The molecule has 0 atom stereocenters. The molecular formula is C20H25N3O. The summed E-state index contributed by atoms with van der Waals surface area (Å²) in [6.07, 6.45) is 0.895. The minimum atomic E-state index is 0.0522. The second kappa shape index (κ2) is 8.50. The van der Waals surface area contributed by atoms with E-state index in [1.165, 1.54) is 11.1 Å². The molecule has 1 aliphatic heterocycles. The molecule has 2 amide bonds. The molecule has 126 valence electrons. The molecule has 24 heavy (non-hydrogen) atoms. The molecule has 0 unspecified atom stereocenters. The second-order valence-corrected chi connectivity index (χ2v) is 6.13. The van der Waals surface area contributed by atoms with Crippen LogP contribution in [0.3, 0.4) is 0 Å². The minimum Gasteiger partial charge on any atom is -0.338 e. The molecular weight excluding hydrogens is 298 g/mol. The van der Waals surface area contributed by atoms with Crippen molar-refractivity contribution in [3.05, 3.63) is 71.8 Å². The van der Waals surface area contributed by atoms with E-state index in [0.29, 0.717) is 12.5 Å². The lowest BCUT2D eigenvalue weighted by Gasteiger charge is -2.28. The summed E-state index contributed by atoms with van der Waals surface area (Å²) in [5, 5.41) is 6.35. The smallest absolute Gasteiger partial charge is 0.317 e. The summed E-state index contributed by atoms with van der Waals surface area (Å²) in [7, 11) is 0. The predicted molar refractivity (Wildman–Crippen MR) is 97.2 cm³/mol. The molecule has 4 nitrogen and oxygen atoms in total. The molecule has 2 N–H and O–H groups in total. The highest BCUT2D eigenvalue weighted by molar-refractivity contribution is 5.74. The lowest BCUT2D eigenvalue weighted by molar-refractivity contribution is 0.190. The number of carbonyl (C=O) groups excluding carboxylic acids is 1. The van der Waals surface area contributed by atoms with Gasteiger partial charge in [-0.1, -0.05) is 60.7 Å². The van der Waals surface area contributed by atoms with Gasteiger partial charge in [-0.3, -0.25) is 0 Å². The molecule has 3 rings (SSSR count). The Hall–Kier alpha value is -2.33. The van der Waals surface area contributed by atoms with E-state index in [-0.39, 0.29) is 6.03 Å². The van der Waals surface area contributed by atoms with Crippen LogP contribution >= 0.6 is 0 Å². The molecule has 0 bridgehead atoms. The lowest BCUT2D eigenvalue weighted by atomic mass is 9.88. The van der Waals surface area contributed by atoms with Crippen molar-refractivity contribution >= 4 is 6.03 Å². The van der Waals surface area contributed by atoms with Crippen molar-refractivity contribution in [2.45, 2.75) is 12.3 Å². The molecule has 1 aliphatic rings. The van der Waals surface area contributed by atoms with E-state index in [9.17, 15) is 4.79 Å². The molecule has 4 heteroatoms. The Morgan fingerprint density at radius 1 is 0.958 bits per heavy atom. The van der Waals surface area contributed by atoms with Crippen LogP contribution in [0.25, 0.3) is 0 Å². The number of rotatable bonds is 5. The van der Waals surface area contributed by atoms with Crippen LogP contribution in [-0.2, 0) is 0 Å². The zero-order valence-electron chi connectivity index (χ0n) is 13.9. The van der Waals surface area contributed by atoms with E-state index in [1.54, 1.807) is 0 Å². The fourth-order valence-corrected chi connectivity index (χ4v) is 3.20. The third kappa shape index (κ3) is 4.36. The number of carbonyl (C=O) groups is 1. The van der Waals surface area contributed by atoms with E-state index >= 15 is 0 Å². The minimum absolute atomic E-state index is 0.0522. The fourth-order valence-electron chi connectivity index (χ4n) is 3.20. The number of hydrogen-bond donors (Lipinski definition) is 2. The summed E-state index contributed by atoms with van der Waals surface area (Å²) >= 11 is 0. The monoisotopic (exact) mass is 323 g/mol. The summed E-state index contributed by atoms with van der Waals surface area (Å²) < 4.78 is 0. The number of nitrogens with one attached hydrogen (secondary N) is 2. The van der Waals surface area contributed by atoms with Crippen molar-refractivity contribution in [2.24, 2.45) is 0 Å². The third-order valence-electron chi connectivity index (χ3n) is 4.52. The van der Waals surface area contributed by atoms with Gasteiger partial charge in [0.05, 0.1) is 0 Å². The summed E-state index contributed by atoms with van der Waals surface area (Å²) in [5.74, 6) is 0.302. The number of benzene rings is 2. The van der Waals surface area contributed by atoms with Gasteiger partial charge < -0.3 is 15.5 Å². The maximum absolute atomic E-state index is 12.2. The predicted octanol–water partition coefficient (Wildman–Crippen LogP) is 2.82. The number of piperazine rings is 1. The SMILES string of the molecule is O=C(NCCC(c1ccccc1)c1ccccc1)N1CCNCC1. The van der Waals surface area contributed by atoms with Gasteiger partial charge in [0.2, 0.25) is 0 Å². The van der Waals surface area contributed by atoms with E-state index in [0.717, 1.165) is 32.6 Å². The standard InChI is InChI=1S/C20H25N3O/c24-20(23-15-13-21-14-16-23)22-12-11-19(17-7-3-1-4-8-17)18-9-5-2-6-10-18/h1-10,19,21H,11-16H2,(H,22,24). The van der Waals surface area contributed by atoms with Crippen molar-refractivity contribution < 1.29 is 4.79 Å². The number of hydrogen-bond acceptors (Lipinski definition) is 2. The van der Waals surface area contributed by atoms with Gasteiger partial charge in [0, 0.05) is 38.6 Å². The van der Waals surface area contributed by atoms with Crippen LogP contribution in [0.4, 0.5) is 4.79 Å². The molecule has 0 saturated carbocycles. The summed E-state index contributed by atoms with van der Waals surface area (Å²) in [6, 6.07) is 21.1. The highest BCUT2D eigenvalue weighted by Crippen LogP contribution is 2.27. The van der Waals surface area contributed by atoms with Gasteiger partial charge in [0.1, 0.15) is 0 Å². The fraction of sp³-hybridized carbons (Fsp3) is 0.350. The van der Waals surface area contributed by atoms with Crippen molar-refractivity contribution in [3.8, 4) is 0 Å². The first-order valence-corrected chi connectivity index (χ1v) is 8.68. The van der Waals surface area contributed by atoms with Gasteiger partial charge in [-0.2, -0.15) is 0 Å². The normalized spacial score (nSPS) is 14.6. The van der Waals surface area contributed by atoms with Gasteiger partial charge in [-0.15, -0.1) is 0 Å². The van der Waals surface area contributed by atoms with Crippen LogP contribution in [0, 0.1) is 0 Å². The first-order chi connectivity index (χ1) is 11.8. The Morgan fingerprint density at radius 3 is 2.04 bits per heavy atom. The average Bonchev–Trinajstić information content (AvgIpc) is 2.67. The van der Waals surface area contributed by atoms with Gasteiger partial charge in [0.15, 0.2) is 0 Å². The number of nitrogens with zero attached hydrogens (tertiary/aromatic N) is 1. The summed E-state index contributed by atoms with van der Waals surface area (Å²) in [6.45, 7) is 4.00. The summed E-state index contributed by atoms with van der Waals surface area (Å²) in [4.78, 5) is 14.1. The first kappa shape index (κ1) is 16.5. The van der Waals surface area contributed by atoms with Crippen LogP contribution in [-0.4, -0.2) is 43.7 Å². The molecule has 0 aromatic heterocycles. The second-order valence-electron chi connectivity index (χ2n) is 6.13. The van der Waals surface area contributed by atoms with E-state index in [1.807, 2.05) is 17.0 Å². The molecule has 1 fully saturated rings. The maximum atomic E-state index is 12.2. The quantitative estimate of drug-likeness (QED) is 0.889. The molecule has 2 aromatic rings. The molecule has 1 heterocycles. The topological polar surface area (TPSA) is 44.4 Å². The average molecular weight is 323 g/mol. The van der Waals surface area contributed by atoms with Crippen molar-refractivity contribution in [3.63, 3.8) is 0 Å². The zero-order chi connectivity index (χ0) is 16.6. The molecule has 0 spiro atoms. The van der Waals surface area contributed by atoms with E-state index < -0.39 is 0 Å². The van der Waals surface area contributed by atoms with Gasteiger partial charge in [-0.25, -0.2) is 4.79 Å². The van der Waals surface area contributed by atoms with Gasteiger partial charge >= 0.3 is 6.03 Å². The maximum Gasteiger partial charge on any atom is 0.317 e. The van der Waals surface area contributed by atoms with Crippen LogP contribution in [0.2, 0.25) is 0 Å². The van der Waals surface area contributed by atoms with Crippen LogP contribution in [0.15, 0.2) is 60.7 Å². The Labute approximate surface area is 143 Å². The van der Waals surface area contributed by atoms with Crippen molar-refractivity contribution in [1.82, 2.24) is 15.5 Å². The van der Waals surface area contributed by atoms with Gasteiger partial charge in [0.25, 0.3) is 0 Å². The summed E-state index contributed by atoms with van der Waals surface area (Å²) in [5.41, 5.74) is 2.58. The Bertz CT molecular complexity index is 584. The largest absolute Gasteiger partial charge is 0.338 e. The highest BCUT2D eigenvalue weighted by Gasteiger charge is 2.17. The molecule has 0 radical (unpaired) electrons. The van der Waals surface area contributed by atoms with E-state index in [4.69, 9.17) is 0 Å². The molecule has 0 aliphatic carbocycles. The van der Waals surface area contributed by atoms with Crippen molar-refractivity contribution in [1.29, 1.82) is 0 Å². The third-order valence-corrected chi connectivity index (χ3v) is 4.52. The highest BCUT2D eigenvalue weighted by atomic mass is 16.2. The Kier molecular flexibility index (Phi) is 5.85. The van der Waals surface area contributed by atoms with Crippen molar-refractivity contribution in [2.75, 3.05) is 32.7 Å². The van der Waals surface area contributed by atoms with Crippen LogP contribution < -0.4 is 10.6 Å². The first-order valence-electron chi connectivity index (χ1n) is 8.68. The van der Waals surface area contributed by atoms with Crippen LogP contribution in [0.1, 0.15) is 23.5 Å². The van der Waals surface area contributed by atoms with Crippen LogP contribution in [0.5, 0.6) is 0 Å². The zero-order valence-corrected chi connectivity index (χ0v) is 13.9. The lowest BCUT2D eigenvalue weighted by Crippen LogP contribution is -2.50.